The Morgan fingerprint density at radius 3 is 2.25 bits per heavy atom. The zero-order valence-corrected chi connectivity index (χ0v) is 36.1. The zero-order valence-electron chi connectivity index (χ0n) is 36.1. The van der Waals surface area contributed by atoms with E-state index >= 15 is 0 Å². The molecule has 4 aromatic heterocycles. The zero-order chi connectivity index (χ0) is 44.1. The van der Waals surface area contributed by atoms with Crippen LogP contribution < -0.4 is 37.3 Å². The lowest BCUT2D eigenvalue weighted by Crippen LogP contribution is -2.25. The molecule has 322 valence electrons. The highest BCUT2D eigenvalue weighted by molar-refractivity contribution is 6.47. The summed E-state index contributed by atoms with van der Waals surface area (Å²) in [4.78, 5) is 53.0. The number of nitrogens with zero attached hydrogens (tertiary/aromatic N) is 7. The number of carbonyl (C=O) groups excluding carboxylic acids is 3. The molecule has 3 amide bonds. The van der Waals surface area contributed by atoms with Crippen molar-refractivity contribution in [1.29, 1.82) is 0 Å². The molecule has 0 saturated heterocycles. The van der Waals surface area contributed by atoms with E-state index in [4.69, 9.17) is 36.6 Å². The van der Waals surface area contributed by atoms with E-state index < -0.39 is 17.7 Å². The number of nitrogens with two attached hydrogens (primary N) is 3. The summed E-state index contributed by atoms with van der Waals surface area (Å²) in [7, 11) is 5.32. The van der Waals surface area contributed by atoms with Gasteiger partial charge in [-0.15, -0.1) is 0 Å². The molecule has 6 aromatic rings. The van der Waals surface area contributed by atoms with E-state index in [1.165, 1.54) is 6.08 Å². The third-order valence-corrected chi connectivity index (χ3v) is 10.5. The summed E-state index contributed by atoms with van der Waals surface area (Å²) in [6.07, 6.45) is 3.07. The Bertz CT molecular complexity index is 2680. The quantitative estimate of drug-likeness (QED) is 0.0604. The molecular weight excluding hydrogens is 777 g/mol. The number of rotatable bonds is 17. The van der Waals surface area contributed by atoms with Gasteiger partial charge in [-0.3, -0.25) is 29.4 Å². The summed E-state index contributed by atoms with van der Waals surface area (Å²) >= 11 is 0. The Labute approximate surface area is 354 Å². The van der Waals surface area contributed by atoms with Crippen LogP contribution in [0.15, 0.2) is 59.2 Å². The van der Waals surface area contributed by atoms with Gasteiger partial charge in [-0.1, -0.05) is 13.8 Å². The van der Waals surface area contributed by atoms with Gasteiger partial charge in [0, 0.05) is 54.3 Å². The minimum atomic E-state index is -0.630. The topological polar surface area (TPSA) is 238 Å². The minimum absolute atomic E-state index is 0.122. The molecule has 17 heteroatoms. The van der Waals surface area contributed by atoms with Crippen LogP contribution in [0, 0.1) is 18.8 Å². The van der Waals surface area contributed by atoms with Crippen molar-refractivity contribution in [2.45, 2.75) is 60.5 Å². The van der Waals surface area contributed by atoms with Crippen LogP contribution in [0.5, 0.6) is 11.5 Å². The number of pyridine rings is 1. The predicted octanol–water partition coefficient (Wildman–Crippen LogP) is 5.07. The van der Waals surface area contributed by atoms with Crippen LogP contribution in [0.2, 0.25) is 0 Å². The average Bonchev–Trinajstić information content (AvgIpc) is 3.58. The fourth-order valence-corrected chi connectivity index (χ4v) is 7.68. The molecule has 2 aromatic carbocycles. The molecule has 0 aliphatic heterocycles. The number of amides is 3. The SMILES string of the molecule is CC.CCN=C(/C=C(/C)N)C(=O)Nc1nc2cc(C(N)=O)cc(OCCCNC)c2n1CC1C[C@H]1Cn1c2nc(-c3cc(C)nn3C)ccc2c2cc(C(N)=O)cc(OC)c21. The van der Waals surface area contributed by atoms with Gasteiger partial charge in [0.25, 0.3) is 5.91 Å². The Balaban J connectivity index is 0.00000307. The summed E-state index contributed by atoms with van der Waals surface area (Å²) in [5.74, 6) is -0.194. The van der Waals surface area contributed by atoms with Gasteiger partial charge in [0.1, 0.15) is 28.4 Å². The van der Waals surface area contributed by atoms with Crippen molar-refractivity contribution in [3.63, 3.8) is 0 Å². The van der Waals surface area contributed by atoms with E-state index in [2.05, 4.69) is 25.3 Å². The number of aliphatic imine (C=N–C) groups is 1. The maximum absolute atomic E-state index is 13.7. The number of allylic oxidation sites excluding steroid dienone is 1. The standard InChI is InChI=1S/C42H50N12O5.C2H6/c1-7-47-32(13-22(2)43)41(57)50-42-49-31-17-25(39(45)56)19-35(59-12-8-11-46-4)37(31)54(42)21-27-15-26(27)20-53-36-29(16-24(38(44)55)18-34(36)58-6)28-9-10-30(48-40(28)53)33-14-23(3)51-52(33)5;1-2/h9-10,13-14,16-19,26-27,46H,7-8,11-12,15,20-21,43H2,1-6H3,(H2,44,55)(H2,45,56)(H,49,50,57);1-2H3/b22-13-,47-32?;/t26-,27?;/m0./s1. The van der Waals surface area contributed by atoms with E-state index in [0.717, 1.165) is 52.0 Å². The number of aryl methyl sites for hydroxylation is 2. The molecule has 17 nitrogen and oxygen atoms in total. The molecule has 2 atom stereocenters. The fraction of sp³-hybridized carbons (Fsp3) is 0.386. The summed E-state index contributed by atoms with van der Waals surface area (Å²) in [6.45, 7) is 11.9. The van der Waals surface area contributed by atoms with E-state index in [1.54, 1.807) is 43.0 Å². The highest BCUT2D eigenvalue weighted by atomic mass is 16.5. The number of primary amides is 2. The van der Waals surface area contributed by atoms with Gasteiger partial charge in [-0.2, -0.15) is 5.10 Å². The third-order valence-electron chi connectivity index (χ3n) is 10.5. The molecule has 0 spiro atoms. The number of benzene rings is 2. The van der Waals surface area contributed by atoms with Crippen LogP contribution in [0.4, 0.5) is 5.95 Å². The molecule has 1 aliphatic carbocycles. The van der Waals surface area contributed by atoms with E-state index in [-0.39, 0.29) is 29.1 Å². The monoisotopic (exact) mass is 832 g/mol. The van der Waals surface area contributed by atoms with Gasteiger partial charge < -0.3 is 41.1 Å². The van der Waals surface area contributed by atoms with Gasteiger partial charge in [0.15, 0.2) is 0 Å². The number of imidazole rings is 1. The molecule has 1 unspecified atom stereocenters. The van der Waals surface area contributed by atoms with Crippen molar-refractivity contribution >= 4 is 62.4 Å². The lowest BCUT2D eigenvalue weighted by molar-refractivity contribution is -0.110. The third kappa shape index (κ3) is 9.21. The molecule has 61 heavy (non-hydrogen) atoms. The largest absolute Gasteiger partial charge is 0.495 e. The number of hydrogen-bond acceptors (Lipinski definition) is 11. The van der Waals surface area contributed by atoms with Crippen molar-refractivity contribution in [3.05, 3.63) is 71.1 Å². The van der Waals surface area contributed by atoms with Crippen LogP contribution in [0.1, 0.15) is 66.9 Å². The number of carbonyl (C=O) groups is 3. The molecule has 1 fully saturated rings. The van der Waals surface area contributed by atoms with Crippen LogP contribution in [0.3, 0.4) is 0 Å². The summed E-state index contributed by atoms with van der Waals surface area (Å²) in [5, 5.41) is 12.3. The van der Waals surface area contributed by atoms with Crippen molar-refractivity contribution in [1.82, 2.24) is 34.2 Å². The summed E-state index contributed by atoms with van der Waals surface area (Å²) in [5.41, 5.74) is 23.7. The Hall–Kier alpha value is -6.75. The molecule has 1 aliphatic rings. The highest BCUT2D eigenvalue weighted by Gasteiger charge is 2.40. The van der Waals surface area contributed by atoms with E-state index in [1.807, 2.05) is 64.6 Å². The number of fused-ring (bicyclic) bond motifs is 4. The van der Waals surface area contributed by atoms with Crippen LogP contribution in [-0.4, -0.2) is 86.2 Å². The maximum Gasteiger partial charge on any atom is 0.276 e. The molecule has 7 rings (SSSR count). The molecule has 4 heterocycles. The number of methoxy groups -OCH3 is 1. The second kappa shape index (κ2) is 18.7. The summed E-state index contributed by atoms with van der Waals surface area (Å²) in [6, 6.07) is 12.6. The Kier molecular flexibility index (Phi) is 13.4. The average molecular weight is 833 g/mol. The number of nitrogens with one attached hydrogen (secondary N) is 2. The Morgan fingerprint density at radius 2 is 1.62 bits per heavy atom. The first-order valence-electron chi connectivity index (χ1n) is 20.5. The van der Waals surface area contributed by atoms with E-state index in [0.29, 0.717) is 66.5 Å². The van der Waals surface area contributed by atoms with Gasteiger partial charge in [-0.05, 0) is 108 Å². The van der Waals surface area contributed by atoms with Crippen molar-refractivity contribution in [3.8, 4) is 22.9 Å². The van der Waals surface area contributed by atoms with Crippen LogP contribution in [-0.2, 0) is 24.9 Å². The predicted molar refractivity (Wildman–Crippen MR) is 239 cm³/mol. The normalized spacial score (nSPS) is 15.2. The number of anilines is 1. The lowest BCUT2D eigenvalue weighted by Gasteiger charge is -2.15. The van der Waals surface area contributed by atoms with Crippen molar-refractivity contribution in [2.24, 2.45) is 41.1 Å². The van der Waals surface area contributed by atoms with Gasteiger partial charge >= 0.3 is 0 Å². The molecule has 8 N–H and O–H groups in total. The second-order valence-electron chi connectivity index (χ2n) is 14.9. The first kappa shape index (κ1) is 43.8. The minimum Gasteiger partial charge on any atom is -0.495 e. The molecular formula is C44H56N12O5. The Morgan fingerprint density at radius 1 is 0.934 bits per heavy atom. The smallest absolute Gasteiger partial charge is 0.276 e. The molecule has 1 saturated carbocycles. The van der Waals surface area contributed by atoms with Crippen molar-refractivity contribution < 1.29 is 23.9 Å². The molecule has 0 bridgehead atoms. The lowest BCUT2D eigenvalue weighted by atomic mass is 10.1. The highest BCUT2D eigenvalue weighted by Crippen LogP contribution is 2.46. The van der Waals surface area contributed by atoms with Gasteiger partial charge in [0.05, 0.1) is 41.8 Å². The summed E-state index contributed by atoms with van der Waals surface area (Å²) < 4.78 is 18.1. The van der Waals surface area contributed by atoms with Crippen LogP contribution >= 0.6 is 0 Å². The second-order valence-corrected chi connectivity index (χ2v) is 14.9. The van der Waals surface area contributed by atoms with Crippen molar-refractivity contribution in [2.75, 3.05) is 39.2 Å². The maximum atomic E-state index is 13.7. The fourth-order valence-electron chi connectivity index (χ4n) is 7.68. The van der Waals surface area contributed by atoms with Gasteiger partial charge in [0.2, 0.25) is 17.8 Å². The number of ether oxygens (including phenoxy) is 2. The van der Waals surface area contributed by atoms with Crippen LogP contribution in [0.25, 0.3) is 44.4 Å². The van der Waals surface area contributed by atoms with Gasteiger partial charge in [-0.25, -0.2) is 9.97 Å². The van der Waals surface area contributed by atoms with E-state index in [9.17, 15) is 14.4 Å². The molecule has 0 radical (unpaired) electrons. The first-order valence-corrected chi connectivity index (χ1v) is 20.5. The number of hydrogen-bond donors (Lipinski definition) is 5. The first-order chi connectivity index (χ1) is 29.3. The number of aromatic nitrogens is 6.